The van der Waals surface area contributed by atoms with Gasteiger partial charge in [-0.1, -0.05) is 17.7 Å². The molecule has 0 spiro atoms. The zero-order valence-electron chi connectivity index (χ0n) is 8.57. The fourth-order valence-corrected chi connectivity index (χ4v) is 2.40. The minimum absolute atomic E-state index is 0.176. The maximum absolute atomic E-state index is 5.96. The van der Waals surface area contributed by atoms with Crippen LogP contribution in [0.15, 0.2) is 30.3 Å². The third-order valence-electron chi connectivity index (χ3n) is 3.03. The summed E-state index contributed by atoms with van der Waals surface area (Å²) in [4.78, 5) is 0. The molecule has 2 atom stereocenters. The normalized spacial score (nSPS) is 23.7. The number of nitrogens with one attached hydrogen (secondary N) is 1. The van der Waals surface area contributed by atoms with Crippen molar-refractivity contribution in [3.05, 3.63) is 46.5 Å². The number of benzene rings is 2. The van der Waals surface area contributed by atoms with Crippen molar-refractivity contribution in [2.45, 2.75) is 12.3 Å². The Labute approximate surface area is 98.4 Å². The summed E-state index contributed by atoms with van der Waals surface area (Å²) in [5, 5.41) is 6.06. The maximum atomic E-state index is 5.96. The summed E-state index contributed by atoms with van der Waals surface area (Å²) in [6, 6.07) is 9.94. The molecule has 3 rings (SSSR count). The number of hydrogen-bond donors (Lipinski definition) is 3. The largest absolute Gasteiger partial charge is 0.312 e. The van der Waals surface area contributed by atoms with E-state index in [-0.39, 0.29) is 12.3 Å². The Morgan fingerprint density at radius 2 is 1.56 bits per heavy atom. The van der Waals surface area contributed by atoms with Crippen molar-refractivity contribution in [2.75, 3.05) is 0 Å². The van der Waals surface area contributed by atoms with E-state index >= 15 is 0 Å². The highest BCUT2D eigenvalue weighted by Gasteiger charge is 2.25. The van der Waals surface area contributed by atoms with Gasteiger partial charge in [0.1, 0.15) is 0 Å². The highest BCUT2D eigenvalue weighted by Crippen LogP contribution is 2.32. The number of halogens is 1. The van der Waals surface area contributed by atoms with Crippen molar-refractivity contribution in [1.29, 1.82) is 0 Å². The summed E-state index contributed by atoms with van der Waals surface area (Å²) in [6.07, 6.45) is -0.363. The second kappa shape index (κ2) is 3.43. The van der Waals surface area contributed by atoms with Gasteiger partial charge in [0.15, 0.2) is 0 Å². The molecule has 0 aromatic heterocycles. The van der Waals surface area contributed by atoms with Crippen molar-refractivity contribution in [3.8, 4) is 0 Å². The standard InChI is InChI=1S/C12H12ClN3/c13-8-2-1-6-4-9-10(5-7(6)3-8)12(15)16-11(9)14/h1-5,11-12,16H,14-15H2. The van der Waals surface area contributed by atoms with Crippen LogP contribution in [-0.4, -0.2) is 0 Å². The molecule has 2 unspecified atom stereocenters. The van der Waals surface area contributed by atoms with Crippen molar-refractivity contribution in [2.24, 2.45) is 11.5 Å². The zero-order chi connectivity index (χ0) is 11.3. The molecule has 0 bridgehead atoms. The van der Waals surface area contributed by atoms with Crippen LogP contribution in [0.2, 0.25) is 5.02 Å². The molecular formula is C12H12ClN3. The Hall–Kier alpha value is -1.13. The molecule has 1 aliphatic rings. The van der Waals surface area contributed by atoms with Crippen LogP contribution in [0.25, 0.3) is 10.8 Å². The fourth-order valence-electron chi connectivity index (χ4n) is 2.22. The first-order valence-corrected chi connectivity index (χ1v) is 5.53. The Balaban J connectivity index is 2.30. The quantitative estimate of drug-likeness (QED) is 0.652. The number of hydrogen-bond acceptors (Lipinski definition) is 3. The lowest BCUT2D eigenvalue weighted by Crippen LogP contribution is -2.28. The average molecular weight is 234 g/mol. The lowest BCUT2D eigenvalue weighted by molar-refractivity contribution is 0.520. The maximum Gasteiger partial charge on any atom is 0.0828 e. The van der Waals surface area contributed by atoms with Gasteiger partial charge in [0.2, 0.25) is 0 Å². The molecule has 5 N–H and O–H groups in total. The second-order valence-corrected chi connectivity index (χ2v) is 4.53. The van der Waals surface area contributed by atoms with Crippen molar-refractivity contribution in [3.63, 3.8) is 0 Å². The molecule has 2 aromatic carbocycles. The second-order valence-electron chi connectivity index (χ2n) is 4.09. The van der Waals surface area contributed by atoms with Gasteiger partial charge in [-0.3, -0.25) is 5.32 Å². The lowest BCUT2D eigenvalue weighted by atomic mass is 10.0. The number of fused-ring (bicyclic) bond motifs is 2. The predicted octanol–water partition coefficient (Wildman–Crippen LogP) is 2.01. The van der Waals surface area contributed by atoms with Crippen LogP contribution in [0.5, 0.6) is 0 Å². The molecule has 0 saturated heterocycles. The van der Waals surface area contributed by atoms with E-state index < -0.39 is 0 Å². The van der Waals surface area contributed by atoms with Crippen LogP contribution >= 0.6 is 11.6 Å². The predicted molar refractivity (Wildman–Crippen MR) is 66.0 cm³/mol. The molecular weight excluding hydrogens is 222 g/mol. The van der Waals surface area contributed by atoms with Crippen LogP contribution in [0, 0.1) is 0 Å². The summed E-state index contributed by atoms with van der Waals surface area (Å²) in [5.41, 5.74) is 14.0. The van der Waals surface area contributed by atoms with Crippen molar-refractivity contribution < 1.29 is 0 Å². The molecule has 16 heavy (non-hydrogen) atoms. The van der Waals surface area contributed by atoms with E-state index in [0.29, 0.717) is 0 Å². The smallest absolute Gasteiger partial charge is 0.0828 e. The lowest BCUT2D eigenvalue weighted by Gasteiger charge is -2.06. The first kappa shape index (κ1) is 10.1. The molecule has 0 amide bonds. The molecule has 1 aliphatic heterocycles. The van der Waals surface area contributed by atoms with Gasteiger partial charge in [0.05, 0.1) is 12.3 Å². The molecule has 0 saturated carbocycles. The first-order chi connectivity index (χ1) is 7.65. The fraction of sp³-hybridized carbons (Fsp3) is 0.167. The molecule has 2 aromatic rings. The molecule has 3 nitrogen and oxygen atoms in total. The third-order valence-corrected chi connectivity index (χ3v) is 3.27. The van der Waals surface area contributed by atoms with Gasteiger partial charge in [-0.2, -0.15) is 0 Å². The van der Waals surface area contributed by atoms with Crippen molar-refractivity contribution >= 4 is 22.4 Å². The summed E-state index contributed by atoms with van der Waals surface area (Å²) in [7, 11) is 0. The minimum atomic E-state index is -0.187. The van der Waals surface area contributed by atoms with Gasteiger partial charge < -0.3 is 11.5 Å². The van der Waals surface area contributed by atoms with Crippen LogP contribution in [0.4, 0.5) is 0 Å². The highest BCUT2D eigenvalue weighted by atomic mass is 35.5. The van der Waals surface area contributed by atoms with Crippen LogP contribution in [0.1, 0.15) is 23.5 Å². The topological polar surface area (TPSA) is 64.1 Å². The van der Waals surface area contributed by atoms with Gasteiger partial charge in [-0.05, 0) is 46.2 Å². The van der Waals surface area contributed by atoms with E-state index in [0.717, 1.165) is 26.9 Å². The summed E-state index contributed by atoms with van der Waals surface area (Å²) >= 11 is 5.96. The van der Waals surface area contributed by atoms with E-state index in [1.54, 1.807) is 0 Å². The van der Waals surface area contributed by atoms with E-state index in [1.807, 2.05) is 18.2 Å². The van der Waals surface area contributed by atoms with Crippen LogP contribution < -0.4 is 16.8 Å². The van der Waals surface area contributed by atoms with E-state index in [2.05, 4.69) is 17.4 Å². The Morgan fingerprint density at radius 3 is 2.25 bits per heavy atom. The van der Waals surface area contributed by atoms with Crippen LogP contribution in [0.3, 0.4) is 0 Å². The van der Waals surface area contributed by atoms with Crippen LogP contribution in [-0.2, 0) is 0 Å². The summed E-state index contributed by atoms with van der Waals surface area (Å²) in [5.74, 6) is 0. The highest BCUT2D eigenvalue weighted by molar-refractivity contribution is 6.31. The van der Waals surface area contributed by atoms with E-state index in [9.17, 15) is 0 Å². The van der Waals surface area contributed by atoms with E-state index in [4.69, 9.17) is 23.1 Å². The van der Waals surface area contributed by atoms with Gasteiger partial charge in [-0.15, -0.1) is 0 Å². The average Bonchev–Trinajstić information content (AvgIpc) is 2.52. The Kier molecular flexibility index (Phi) is 2.16. The number of rotatable bonds is 0. The SMILES string of the molecule is NC1NC(N)c2cc3cc(Cl)ccc3cc21. The van der Waals surface area contributed by atoms with Crippen molar-refractivity contribution in [1.82, 2.24) is 5.32 Å². The zero-order valence-corrected chi connectivity index (χ0v) is 9.33. The third kappa shape index (κ3) is 1.41. The molecule has 4 heteroatoms. The summed E-state index contributed by atoms with van der Waals surface area (Å²) in [6.45, 7) is 0. The van der Waals surface area contributed by atoms with Gasteiger partial charge in [0, 0.05) is 5.02 Å². The molecule has 1 heterocycles. The number of nitrogens with two attached hydrogens (primary N) is 2. The Morgan fingerprint density at radius 1 is 0.938 bits per heavy atom. The molecule has 0 aliphatic carbocycles. The minimum Gasteiger partial charge on any atom is -0.312 e. The van der Waals surface area contributed by atoms with Gasteiger partial charge in [-0.25, -0.2) is 0 Å². The van der Waals surface area contributed by atoms with Gasteiger partial charge >= 0.3 is 0 Å². The first-order valence-electron chi connectivity index (χ1n) is 5.15. The van der Waals surface area contributed by atoms with Gasteiger partial charge in [0.25, 0.3) is 0 Å². The molecule has 0 radical (unpaired) electrons. The molecule has 82 valence electrons. The van der Waals surface area contributed by atoms with E-state index in [1.165, 1.54) is 0 Å². The summed E-state index contributed by atoms with van der Waals surface area (Å²) < 4.78 is 0. The molecule has 0 fully saturated rings. The Bertz CT molecular complexity index is 567. The monoisotopic (exact) mass is 233 g/mol.